The Labute approximate surface area is 107 Å². The highest BCUT2D eigenvalue weighted by Crippen LogP contribution is 2.24. The number of rotatable bonds is 5. The first kappa shape index (κ1) is 12.2. The van der Waals surface area contributed by atoms with Gasteiger partial charge in [0.2, 0.25) is 0 Å². The van der Waals surface area contributed by atoms with Gasteiger partial charge in [-0.25, -0.2) is 0 Å². The maximum atomic E-state index is 5.87. The van der Waals surface area contributed by atoms with Crippen LogP contribution in [0.15, 0.2) is 36.5 Å². The fourth-order valence-electron chi connectivity index (χ4n) is 1.71. The van der Waals surface area contributed by atoms with Gasteiger partial charge in [0.15, 0.2) is 0 Å². The van der Waals surface area contributed by atoms with Crippen molar-refractivity contribution < 1.29 is 4.74 Å². The number of nitrogens with zero attached hydrogens (tertiary/aromatic N) is 1. The summed E-state index contributed by atoms with van der Waals surface area (Å²) in [6, 6.07) is 9.95. The molecule has 0 aliphatic carbocycles. The molecule has 3 heteroatoms. The van der Waals surface area contributed by atoms with E-state index in [1.807, 2.05) is 30.3 Å². The van der Waals surface area contributed by atoms with Crippen molar-refractivity contribution in [3.05, 3.63) is 36.5 Å². The van der Waals surface area contributed by atoms with Crippen LogP contribution in [-0.4, -0.2) is 17.3 Å². The van der Waals surface area contributed by atoms with Gasteiger partial charge in [0, 0.05) is 17.5 Å². The third kappa shape index (κ3) is 2.91. The molecule has 0 aliphatic rings. The van der Waals surface area contributed by atoms with Crippen molar-refractivity contribution in [2.24, 2.45) is 5.92 Å². The molecule has 1 unspecified atom stereocenters. The first-order valence-electron chi connectivity index (χ1n) is 5.92. The largest absolute Gasteiger partial charge is 0.493 e. The van der Waals surface area contributed by atoms with Crippen LogP contribution in [0.3, 0.4) is 0 Å². The number of fused-ring (bicyclic) bond motifs is 1. The summed E-state index contributed by atoms with van der Waals surface area (Å²) in [5.41, 5.74) is 0.976. The maximum Gasteiger partial charge on any atom is 0.128 e. The molecule has 2 aromatic rings. The monoisotopic (exact) mass is 247 g/mol. The van der Waals surface area contributed by atoms with E-state index in [9.17, 15) is 0 Å². The Morgan fingerprint density at radius 1 is 1.29 bits per heavy atom. The molecule has 0 bridgehead atoms. The minimum atomic E-state index is 0.505. The highest BCUT2D eigenvalue weighted by atomic mass is 32.1. The Hall–Kier alpha value is -1.22. The highest BCUT2D eigenvalue weighted by molar-refractivity contribution is 7.80. The topological polar surface area (TPSA) is 22.1 Å². The van der Waals surface area contributed by atoms with E-state index in [2.05, 4.69) is 24.5 Å². The molecule has 0 radical (unpaired) electrons. The van der Waals surface area contributed by atoms with Gasteiger partial charge in [0.05, 0.1) is 12.1 Å². The van der Waals surface area contributed by atoms with Crippen LogP contribution in [0.1, 0.15) is 13.3 Å². The number of hydrogen-bond acceptors (Lipinski definition) is 3. The van der Waals surface area contributed by atoms with Crippen molar-refractivity contribution >= 4 is 23.5 Å². The van der Waals surface area contributed by atoms with E-state index in [4.69, 9.17) is 4.74 Å². The molecule has 0 saturated heterocycles. The predicted octanol–water partition coefficient (Wildman–Crippen LogP) is 3.57. The van der Waals surface area contributed by atoms with Crippen molar-refractivity contribution in [1.29, 1.82) is 0 Å². The Kier molecular flexibility index (Phi) is 4.26. The van der Waals surface area contributed by atoms with Gasteiger partial charge in [-0.05, 0) is 36.4 Å². The van der Waals surface area contributed by atoms with E-state index in [0.717, 1.165) is 28.8 Å². The van der Waals surface area contributed by atoms with Gasteiger partial charge in [-0.1, -0.05) is 13.0 Å². The van der Waals surface area contributed by atoms with Gasteiger partial charge < -0.3 is 4.74 Å². The Morgan fingerprint density at radius 2 is 2.18 bits per heavy atom. The SMILES string of the molecule is CCC(CS)COc1cccc2ncccc12. The smallest absolute Gasteiger partial charge is 0.128 e. The molecule has 1 aromatic heterocycles. The predicted molar refractivity (Wildman–Crippen MR) is 74.9 cm³/mol. The molecule has 1 atom stereocenters. The third-order valence-corrected chi connectivity index (χ3v) is 3.43. The molecule has 2 nitrogen and oxygen atoms in total. The normalized spacial score (nSPS) is 12.6. The highest BCUT2D eigenvalue weighted by Gasteiger charge is 2.07. The van der Waals surface area contributed by atoms with Crippen LogP contribution in [0, 0.1) is 5.92 Å². The Bertz CT molecular complexity index is 477. The molecule has 17 heavy (non-hydrogen) atoms. The molecule has 90 valence electrons. The van der Waals surface area contributed by atoms with Gasteiger partial charge >= 0.3 is 0 Å². The quantitative estimate of drug-likeness (QED) is 0.816. The molecule has 0 aliphatic heterocycles. The fourth-order valence-corrected chi connectivity index (χ4v) is 2.07. The summed E-state index contributed by atoms with van der Waals surface area (Å²) in [5.74, 6) is 2.28. The van der Waals surface area contributed by atoms with Crippen molar-refractivity contribution in [3.63, 3.8) is 0 Å². The van der Waals surface area contributed by atoms with Crippen LogP contribution in [0.5, 0.6) is 5.75 Å². The summed E-state index contributed by atoms with van der Waals surface area (Å²) in [7, 11) is 0. The molecule has 0 fully saturated rings. The number of benzene rings is 1. The van der Waals surface area contributed by atoms with Crippen LogP contribution >= 0.6 is 12.6 Å². The van der Waals surface area contributed by atoms with Gasteiger partial charge in [-0.15, -0.1) is 0 Å². The molecule has 1 aromatic carbocycles. The van der Waals surface area contributed by atoms with Gasteiger partial charge in [0.25, 0.3) is 0 Å². The minimum absolute atomic E-state index is 0.505. The number of pyridine rings is 1. The third-order valence-electron chi connectivity index (χ3n) is 2.92. The van der Waals surface area contributed by atoms with Crippen molar-refractivity contribution in [2.45, 2.75) is 13.3 Å². The maximum absolute atomic E-state index is 5.87. The first-order valence-corrected chi connectivity index (χ1v) is 6.55. The summed E-state index contributed by atoms with van der Waals surface area (Å²) in [4.78, 5) is 4.31. The Balaban J connectivity index is 2.18. The summed E-state index contributed by atoms with van der Waals surface area (Å²) in [5, 5.41) is 1.07. The van der Waals surface area contributed by atoms with Gasteiger partial charge in [-0.3, -0.25) is 4.98 Å². The second kappa shape index (κ2) is 5.92. The van der Waals surface area contributed by atoms with E-state index in [1.54, 1.807) is 6.20 Å². The summed E-state index contributed by atoms with van der Waals surface area (Å²) in [6.07, 6.45) is 2.89. The lowest BCUT2D eigenvalue weighted by atomic mass is 10.1. The second-order valence-electron chi connectivity index (χ2n) is 4.09. The molecular weight excluding hydrogens is 230 g/mol. The average molecular weight is 247 g/mol. The number of aromatic nitrogens is 1. The number of thiol groups is 1. The second-order valence-corrected chi connectivity index (χ2v) is 4.46. The average Bonchev–Trinajstić information content (AvgIpc) is 2.40. The first-order chi connectivity index (χ1) is 8.35. The molecule has 0 amide bonds. The van der Waals surface area contributed by atoms with E-state index in [0.29, 0.717) is 12.5 Å². The summed E-state index contributed by atoms with van der Waals surface area (Å²) >= 11 is 4.32. The molecule has 0 saturated carbocycles. The molecule has 0 N–H and O–H groups in total. The molecule has 2 rings (SSSR count). The van der Waals surface area contributed by atoms with Crippen LogP contribution in [0.4, 0.5) is 0 Å². The minimum Gasteiger partial charge on any atom is -0.493 e. The fraction of sp³-hybridized carbons (Fsp3) is 0.357. The van der Waals surface area contributed by atoms with E-state index < -0.39 is 0 Å². The van der Waals surface area contributed by atoms with Crippen LogP contribution in [0.2, 0.25) is 0 Å². The molecule has 1 heterocycles. The van der Waals surface area contributed by atoms with E-state index in [-0.39, 0.29) is 0 Å². The van der Waals surface area contributed by atoms with Crippen LogP contribution in [-0.2, 0) is 0 Å². The van der Waals surface area contributed by atoms with Gasteiger partial charge in [-0.2, -0.15) is 12.6 Å². The van der Waals surface area contributed by atoms with Crippen molar-refractivity contribution in [3.8, 4) is 5.75 Å². The van der Waals surface area contributed by atoms with Gasteiger partial charge in [0.1, 0.15) is 5.75 Å². The molecule has 0 spiro atoms. The van der Waals surface area contributed by atoms with E-state index >= 15 is 0 Å². The lowest BCUT2D eigenvalue weighted by Gasteiger charge is -2.14. The van der Waals surface area contributed by atoms with Crippen molar-refractivity contribution in [1.82, 2.24) is 4.98 Å². The summed E-state index contributed by atoms with van der Waals surface area (Å²) < 4.78 is 5.87. The lowest BCUT2D eigenvalue weighted by Crippen LogP contribution is -2.12. The lowest BCUT2D eigenvalue weighted by molar-refractivity contribution is 0.262. The Morgan fingerprint density at radius 3 is 2.94 bits per heavy atom. The summed E-state index contributed by atoms with van der Waals surface area (Å²) in [6.45, 7) is 2.88. The number of ether oxygens (including phenoxy) is 1. The zero-order valence-corrected chi connectivity index (χ0v) is 10.9. The zero-order chi connectivity index (χ0) is 12.1. The standard InChI is InChI=1S/C14H17NOS/c1-2-11(10-17)9-16-14-7-3-6-13-12(14)5-4-8-15-13/h3-8,11,17H,2,9-10H2,1H3. The van der Waals surface area contributed by atoms with Crippen molar-refractivity contribution in [2.75, 3.05) is 12.4 Å². The number of hydrogen-bond donors (Lipinski definition) is 1. The molecular formula is C14H17NOS. The van der Waals surface area contributed by atoms with Crippen LogP contribution in [0.25, 0.3) is 10.9 Å². The van der Waals surface area contributed by atoms with Crippen LogP contribution < -0.4 is 4.74 Å². The van der Waals surface area contributed by atoms with E-state index in [1.165, 1.54) is 0 Å². The zero-order valence-electron chi connectivity index (χ0n) is 9.97.